The molecule has 8 heteroatoms. The summed E-state index contributed by atoms with van der Waals surface area (Å²) in [5.74, 6) is 0.278. The maximum absolute atomic E-state index is 11.3. The van der Waals surface area contributed by atoms with Crippen molar-refractivity contribution in [3.8, 4) is 5.75 Å². The zero-order valence-corrected chi connectivity index (χ0v) is 12.9. The number of benzene rings is 1. The molecule has 1 aliphatic heterocycles. The van der Waals surface area contributed by atoms with Gasteiger partial charge in [0.1, 0.15) is 35.7 Å². The maximum atomic E-state index is 11.3. The number of rotatable bonds is 4. The number of hydrogen-bond acceptors (Lipinski definition) is 8. The fourth-order valence-corrected chi connectivity index (χ4v) is 2.69. The Hall–Kier alpha value is -1.97. The number of ether oxygens (including phenoxy) is 3. The van der Waals surface area contributed by atoms with E-state index in [2.05, 4.69) is 0 Å². The molecular formula is C16H18O8. The van der Waals surface area contributed by atoms with Gasteiger partial charge >= 0.3 is 5.63 Å². The summed E-state index contributed by atoms with van der Waals surface area (Å²) in [6.45, 7) is -0.408. The second-order valence-electron chi connectivity index (χ2n) is 5.48. The fraction of sp³-hybridized carbons (Fsp3) is 0.438. The highest BCUT2D eigenvalue weighted by Gasteiger charge is 2.45. The minimum atomic E-state index is -1.38. The zero-order chi connectivity index (χ0) is 17.3. The van der Waals surface area contributed by atoms with Crippen molar-refractivity contribution < 1.29 is 33.9 Å². The van der Waals surface area contributed by atoms with Crippen LogP contribution < -0.4 is 10.4 Å². The van der Waals surface area contributed by atoms with E-state index in [1.807, 2.05) is 0 Å². The Morgan fingerprint density at radius 2 is 1.92 bits per heavy atom. The first-order valence-corrected chi connectivity index (χ1v) is 7.39. The lowest BCUT2D eigenvalue weighted by Gasteiger charge is -2.41. The molecule has 0 bridgehead atoms. The van der Waals surface area contributed by atoms with Gasteiger partial charge in [-0.1, -0.05) is 0 Å². The third-order valence-corrected chi connectivity index (χ3v) is 3.94. The second kappa shape index (κ2) is 6.88. The largest absolute Gasteiger partial charge is 0.462 e. The van der Waals surface area contributed by atoms with E-state index < -0.39 is 42.9 Å². The van der Waals surface area contributed by atoms with Crippen molar-refractivity contribution in [2.45, 2.75) is 30.7 Å². The van der Waals surface area contributed by atoms with Crippen LogP contribution in [0.4, 0.5) is 0 Å². The van der Waals surface area contributed by atoms with Gasteiger partial charge in [0.25, 0.3) is 0 Å². The SMILES string of the molecule is CO[C@@H]1[C@H](O)[C@@H](O)[C@@H](Oc2ccc3ccc(=O)oc3c2)O[C@@H]1CO. The molecule has 0 aliphatic carbocycles. The Kier molecular flexibility index (Phi) is 4.83. The Balaban J connectivity index is 1.83. The van der Waals surface area contributed by atoms with Gasteiger partial charge < -0.3 is 33.9 Å². The molecule has 1 aromatic carbocycles. The number of methoxy groups -OCH3 is 1. The molecule has 8 nitrogen and oxygen atoms in total. The first-order chi connectivity index (χ1) is 11.5. The molecule has 3 rings (SSSR count). The highest BCUT2D eigenvalue weighted by Crippen LogP contribution is 2.27. The topological polar surface area (TPSA) is 119 Å². The molecule has 1 fully saturated rings. The fourth-order valence-electron chi connectivity index (χ4n) is 2.69. The van der Waals surface area contributed by atoms with Gasteiger partial charge in [0, 0.05) is 24.6 Å². The molecule has 0 unspecified atom stereocenters. The molecule has 1 aromatic heterocycles. The van der Waals surface area contributed by atoms with Crippen LogP contribution >= 0.6 is 0 Å². The van der Waals surface area contributed by atoms with E-state index in [4.69, 9.17) is 18.6 Å². The number of fused-ring (bicyclic) bond motifs is 1. The van der Waals surface area contributed by atoms with Gasteiger partial charge in [0.2, 0.25) is 6.29 Å². The van der Waals surface area contributed by atoms with Crippen LogP contribution in [0.25, 0.3) is 11.0 Å². The third kappa shape index (κ3) is 3.14. The van der Waals surface area contributed by atoms with Crippen LogP contribution in [0.1, 0.15) is 0 Å². The molecule has 2 aromatic rings. The molecule has 0 amide bonds. The normalized spacial score (nSPS) is 30.4. The summed E-state index contributed by atoms with van der Waals surface area (Å²) < 4.78 is 21.1. The monoisotopic (exact) mass is 338 g/mol. The van der Waals surface area contributed by atoms with Crippen molar-refractivity contribution >= 4 is 11.0 Å². The molecule has 24 heavy (non-hydrogen) atoms. The summed E-state index contributed by atoms with van der Waals surface area (Å²) in [5, 5.41) is 30.3. The number of hydrogen-bond donors (Lipinski definition) is 3. The quantitative estimate of drug-likeness (QED) is 0.646. The van der Waals surface area contributed by atoms with Gasteiger partial charge in [-0.2, -0.15) is 0 Å². The van der Waals surface area contributed by atoms with Crippen molar-refractivity contribution in [2.75, 3.05) is 13.7 Å². The Morgan fingerprint density at radius 1 is 1.17 bits per heavy atom. The van der Waals surface area contributed by atoms with Crippen LogP contribution in [0.15, 0.2) is 39.5 Å². The smallest absolute Gasteiger partial charge is 0.336 e. The van der Waals surface area contributed by atoms with E-state index >= 15 is 0 Å². The van der Waals surface area contributed by atoms with Gasteiger partial charge in [-0.15, -0.1) is 0 Å². The molecule has 1 aliphatic rings. The molecule has 0 saturated carbocycles. The van der Waals surface area contributed by atoms with Crippen LogP contribution in [0.3, 0.4) is 0 Å². The molecular weight excluding hydrogens is 320 g/mol. The van der Waals surface area contributed by atoms with Gasteiger partial charge in [0.15, 0.2) is 0 Å². The molecule has 1 saturated heterocycles. The summed E-state index contributed by atoms with van der Waals surface area (Å²) in [4.78, 5) is 11.3. The number of aliphatic hydroxyl groups is 3. The van der Waals surface area contributed by atoms with Crippen LogP contribution in [-0.2, 0) is 9.47 Å². The van der Waals surface area contributed by atoms with E-state index in [0.717, 1.165) is 0 Å². The lowest BCUT2D eigenvalue weighted by atomic mass is 9.99. The summed E-state index contributed by atoms with van der Waals surface area (Å²) in [5.41, 5.74) is -0.174. The predicted octanol–water partition coefficient (Wildman–Crippen LogP) is -0.374. The van der Waals surface area contributed by atoms with Crippen molar-refractivity contribution in [3.05, 3.63) is 40.8 Å². The van der Waals surface area contributed by atoms with Crippen LogP contribution in [0.5, 0.6) is 5.75 Å². The summed E-state index contributed by atoms with van der Waals surface area (Å²) in [6.07, 6.45) is -5.60. The van der Waals surface area contributed by atoms with E-state index in [-0.39, 0.29) is 5.75 Å². The van der Waals surface area contributed by atoms with Crippen molar-refractivity contribution in [2.24, 2.45) is 0 Å². The standard InChI is InChI=1S/C16H18O8/c1-21-15-11(7-17)24-16(14(20)13(15)19)22-9-4-2-8-3-5-12(18)23-10(8)6-9/h2-6,11,13-17,19-20H,7H2,1H3/t11-,13-,14-,15+,16+/m1/s1. The van der Waals surface area contributed by atoms with Crippen LogP contribution in [0.2, 0.25) is 0 Å². The van der Waals surface area contributed by atoms with E-state index in [1.165, 1.54) is 19.2 Å². The second-order valence-corrected chi connectivity index (χ2v) is 5.48. The highest BCUT2D eigenvalue weighted by atomic mass is 16.7. The zero-order valence-electron chi connectivity index (χ0n) is 12.9. The third-order valence-electron chi connectivity index (χ3n) is 3.94. The molecule has 5 atom stereocenters. The molecule has 3 N–H and O–H groups in total. The van der Waals surface area contributed by atoms with Gasteiger partial charge in [-0.3, -0.25) is 0 Å². The highest BCUT2D eigenvalue weighted by molar-refractivity contribution is 5.77. The molecule has 2 heterocycles. The lowest BCUT2D eigenvalue weighted by Crippen LogP contribution is -2.60. The minimum absolute atomic E-state index is 0.278. The Bertz CT molecular complexity index is 755. The van der Waals surface area contributed by atoms with Crippen molar-refractivity contribution in [3.63, 3.8) is 0 Å². The van der Waals surface area contributed by atoms with E-state index in [0.29, 0.717) is 11.0 Å². The summed E-state index contributed by atoms with van der Waals surface area (Å²) >= 11 is 0. The minimum Gasteiger partial charge on any atom is -0.462 e. The predicted molar refractivity (Wildman–Crippen MR) is 81.7 cm³/mol. The number of aliphatic hydroxyl groups excluding tert-OH is 3. The first-order valence-electron chi connectivity index (χ1n) is 7.39. The Labute approximate surface area is 136 Å². The van der Waals surface area contributed by atoms with Gasteiger partial charge in [-0.25, -0.2) is 4.79 Å². The van der Waals surface area contributed by atoms with Crippen molar-refractivity contribution in [1.82, 2.24) is 0 Å². The molecule has 0 radical (unpaired) electrons. The Morgan fingerprint density at radius 3 is 2.62 bits per heavy atom. The van der Waals surface area contributed by atoms with E-state index in [9.17, 15) is 20.1 Å². The average Bonchev–Trinajstić information content (AvgIpc) is 2.58. The van der Waals surface area contributed by atoms with E-state index in [1.54, 1.807) is 18.2 Å². The van der Waals surface area contributed by atoms with Gasteiger partial charge in [0.05, 0.1) is 6.61 Å². The molecule has 0 spiro atoms. The first kappa shape index (κ1) is 16.9. The van der Waals surface area contributed by atoms with Gasteiger partial charge in [-0.05, 0) is 18.2 Å². The average molecular weight is 338 g/mol. The summed E-state index contributed by atoms with van der Waals surface area (Å²) in [7, 11) is 1.35. The maximum Gasteiger partial charge on any atom is 0.336 e. The molecule has 130 valence electrons. The summed E-state index contributed by atoms with van der Waals surface area (Å²) in [6, 6.07) is 7.70. The lowest BCUT2D eigenvalue weighted by molar-refractivity contribution is -0.281. The van der Waals surface area contributed by atoms with Crippen LogP contribution in [0, 0.1) is 0 Å². The van der Waals surface area contributed by atoms with Crippen molar-refractivity contribution in [1.29, 1.82) is 0 Å². The van der Waals surface area contributed by atoms with Crippen LogP contribution in [-0.4, -0.2) is 59.7 Å².